The quantitative estimate of drug-likeness (QED) is 0.871. The molecule has 2 N–H and O–H groups in total. The third kappa shape index (κ3) is 3.85. The Kier molecular flexibility index (Phi) is 4.51. The molecular weight excluding hydrogens is 306 g/mol. The second kappa shape index (κ2) is 6.18. The molecule has 22 heavy (non-hydrogen) atoms. The maximum atomic E-state index is 12.3. The van der Waals surface area contributed by atoms with E-state index in [0.717, 1.165) is 0 Å². The number of pyridine rings is 2. The van der Waals surface area contributed by atoms with Crippen LogP contribution in [0.5, 0.6) is 5.75 Å². The molecule has 0 spiro atoms. The number of aromatic nitrogens is 2. The van der Waals surface area contributed by atoms with Crippen molar-refractivity contribution >= 4 is 15.7 Å². The fourth-order valence-electron chi connectivity index (χ4n) is 1.75. The molecule has 2 aromatic rings. The third-order valence-electron chi connectivity index (χ3n) is 2.71. The number of ether oxygens (including phenoxy) is 1. The van der Waals surface area contributed by atoms with Crippen LogP contribution in [0, 0.1) is 6.92 Å². The summed E-state index contributed by atoms with van der Waals surface area (Å²) in [6, 6.07) is 2.85. The topological polar surface area (TPSA) is 101 Å². The highest BCUT2D eigenvalue weighted by atomic mass is 32.2. The zero-order valence-corrected chi connectivity index (χ0v) is 13.3. The van der Waals surface area contributed by atoms with Crippen molar-refractivity contribution in [3.8, 4) is 5.75 Å². The van der Waals surface area contributed by atoms with E-state index in [2.05, 4.69) is 14.7 Å². The molecule has 8 heteroatoms. The number of sulfonamides is 1. The van der Waals surface area contributed by atoms with Gasteiger partial charge in [0.1, 0.15) is 10.6 Å². The lowest BCUT2D eigenvalue weighted by Gasteiger charge is -2.11. The van der Waals surface area contributed by atoms with Crippen LogP contribution in [0.25, 0.3) is 0 Å². The summed E-state index contributed by atoms with van der Waals surface area (Å²) in [7, 11) is -3.82. The molecule has 0 fully saturated rings. The van der Waals surface area contributed by atoms with Gasteiger partial charge >= 0.3 is 0 Å². The Hall–Kier alpha value is -2.35. The van der Waals surface area contributed by atoms with E-state index in [9.17, 15) is 13.2 Å². The van der Waals surface area contributed by atoms with E-state index in [0.29, 0.717) is 11.3 Å². The molecule has 2 heterocycles. The van der Waals surface area contributed by atoms with Gasteiger partial charge in [-0.1, -0.05) is 0 Å². The Morgan fingerprint density at radius 2 is 2.00 bits per heavy atom. The summed E-state index contributed by atoms with van der Waals surface area (Å²) < 4.78 is 32.5. The van der Waals surface area contributed by atoms with Gasteiger partial charge in [0.05, 0.1) is 18.0 Å². The van der Waals surface area contributed by atoms with Gasteiger partial charge in [0.15, 0.2) is 0 Å². The highest BCUT2D eigenvalue weighted by Crippen LogP contribution is 2.19. The van der Waals surface area contributed by atoms with E-state index < -0.39 is 10.0 Å². The van der Waals surface area contributed by atoms with Gasteiger partial charge in [-0.25, -0.2) is 8.42 Å². The van der Waals surface area contributed by atoms with E-state index in [1.165, 1.54) is 30.7 Å². The highest BCUT2D eigenvalue weighted by Gasteiger charge is 2.16. The van der Waals surface area contributed by atoms with Crippen molar-refractivity contribution in [2.75, 3.05) is 4.72 Å². The number of anilines is 1. The molecule has 2 rings (SSSR count). The molecule has 0 aliphatic carbocycles. The molecule has 0 amide bonds. The smallest absolute Gasteiger partial charge is 0.263 e. The van der Waals surface area contributed by atoms with Crippen molar-refractivity contribution in [1.82, 2.24) is 9.97 Å². The second-order valence-corrected chi connectivity index (χ2v) is 6.71. The van der Waals surface area contributed by atoms with Crippen LogP contribution in [0.3, 0.4) is 0 Å². The van der Waals surface area contributed by atoms with Gasteiger partial charge in [0, 0.05) is 24.0 Å². The SMILES string of the molecule is Cc1cc(NS(=O)(=O)c2cncc(OC(C)C)c2)c[nH]c1=O. The van der Waals surface area contributed by atoms with Gasteiger partial charge in [0.2, 0.25) is 0 Å². The maximum absolute atomic E-state index is 12.3. The number of aryl methyl sites for hydroxylation is 1. The number of nitrogens with zero attached hydrogens (tertiary/aromatic N) is 1. The van der Waals surface area contributed by atoms with Gasteiger partial charge in [-0.3, -0.25) is 14.5 Å². The molecule has 0 unspecified atom stereocenters. The first-order valence-electron chi connectivity index (χ1n) is 6.62. The summed E-state index contributed by atoms with van der Waals surface area (Å²) in [5.41, 5.74) is 0.416. The minimum atomic E-state index is -3.82. The molecule has 2 aromatic heterocycles. The zero-order chi connectivity index (χ0) is 16.3. The normalized spacial score (nSPS) is 11.5. The van der Waals surface area contributed by atoms with Gasteiger partial charge < -0.3 is 9.72 Å². The molecule has 0 bridgehead atoms. The minimum Gasteiger partial charge on any atom is -0.489 e. The summed E-state index contributed by atoms with van der Waals surface area (Å²) in [5.74, 6) is 0.371. The lowest BCUT2D eigenvalue weighted by atomic mass is 10.3. The van der Waals surface area contributed by atoms with Crippen LogP contribution >= 0.6 is 0 Å². The van der Waals surface area contributed by atoms with Gasteiger partial charge in [-0.2, -0.15) is 0 Å². The van der Waals surface area contributed by atoms with Crippen LogP contribution in [0.4, 0.5) is 5.69 Å². The molecule has 0 radical (unpaired) electrons. The van der Waals surface area contributed by atoms with E-state index in [1.807, 2.05) is 13.8 Å². The number of hydrogen-bond acceptors (Lipinski definition) is 5. The Morgan fingerprint density at radius 1 is 1.27 bits per heavy atom. The summed E-state index contributed by atoms with van der Waals surface area (Å²) in [6.07, 6.45) is 3.89. The predicted molar refractivity (Wildman–Crippen MR) is 82.6 cm³/mol. The Bertz CT molecular complexity index is 828. The van der Waals surface area contributed by atoms with Crippen molar-refractivity contribution in [2.24, 2.45) is 0 Å². The largest absolute Gasteiger partial charge is 0.489 e. The summed E-state index contributed by atoms with van der Waals surface area (Å²) in [5, 5.41) is 0. The number of nitrogens with one attached hydrogen (secondary N) is 2. The highest BCUT2D eigenvalue weighted by molar-refractivity contribution is 7.92. The van der Waals surface area contributed by atoms with E-state index in [-0.39, 0.29) is 22.2 Å². The van der Waals surface area contributed by atoms with Gasteiger partial charge in [-0.15, -0.1) is 0 Å². The van der Waals surface area contributed by atoms with Crippen LogP contribution in [0.2, 0.25) is 0 Å². The fourth-order valence-corrected chi connectivity index (χ4v) is 2.77. The first-order valence-corrected chi connectivity index (χ1v) is 8.10. The van der Waals surface area contributed by atoms with Crippen molar-refractivity contribution in [3.63, 3.8) is 0 Å². The second-order valence-electron chi connectivity index (χ2n) is 5.03. The monoisotopic (exact) mass is 323 g/mol. The number of aromatic amines is 1. The number of hydrogen-bond donors (Lipinski definition) is 2. The fraction of sp³-hybridized carbons (Fsp3) is 0.286. The van der Waals surface area contributed by atoms with Crippen LogP contribution in [-0.2, 0) is 10.0 Å². The molecule has 0 saturated heterocycles. The average molecular weight is 323 g/mol. The first kappa shape index (κ1) is 16.0. The van der Waals surface area contributed by atoms with Crippen molar-refractivity contribution < 1.29 is 13.2 Å². The van der Waals surface area contributed by atoms with Crippen molar-refractivity contribution in [1.29, 1.82) is 0 Å². The minimum absolute atomic E-state index is 0.0190. The molecule has 118 valence electrons. The Labute approximate surface area is 128 Å². The van der Waals surface area contributed by atoms with E-state index in [1.54, 1.807) is 6.92 Å². The van der Waals surface area contributed by atoms with Crippen molar-refractivity contribution in [2.45, 2.75) is 31.8 Å². The van der Waals surface area contributed by atoms with Crippen LogP contribution in [0.15, 0.2) is 40.4 Å². The summed E-state index contributed by atoms with van der Waals surface area (Å²) in [6.45, 7) is 5.26. The maximum Gasteiger partial charge on any atom is 0.263 e. The van der Waals surface area contributed by atoms with Gasteiger partial charge in [0.25, 0.3) is 15.6 Å². The lowest BCUT2D eigenvalue weighted by Crippen LogP contribution is -2.16. The Morgan fingerprint density at radius 3 is 2.64 bits per heavy atom. The number of rotatable bonds is 5. The van der Waals surface area contributed by atoms with Crippen LogP contribution in [0.1, 0.15) is 19.4 Å². The molecule has 0 aliphatic rings. The average Bonchev–Trinajstić information content (AvgIpc) is 2.42. The van der Waals surface area contributed by atoms with Crippen LogP contribution in [-0.4, -0.2) is 24.5 Å². The van der Waals surface area contributed by atoms with Crippen LogP contribution < -0.4 is 15.0 Å². The van der Waals surface area contributed by atoms with E-state index >= 15 is 0 Å². The molecule has 0 aliphatic heterocycles. The lowest BCUT2D eigenvalue weighted by molar-refractivity contribution is 0.241. The summed E-state index contributed by atoms with van der Waals surface area (Å²) in [4.78, 5) is 17.6. The summed E-state index contributed by atoms with van der Waals surface area (Å²) >= 11 is 0. The van der Waals surface area contributed by atoms with Crippen molar-refractivity contribution in [3.05, 3.63) is 46.6 Å². The molecule has 0 saturated carbocycles. The van der Waals surface area contributed by atoms with E-state index in [4.69, 9.17) is 4.74 Å². The Balaban J connectivity index is 2.30. The van der Waals surface area contributed by atoms with Gasteiger partial charge in [-0.05, 0) is 26.8 Å². The molecule has 0 aromatic carbocycles. The molecule has 0 atom stereocenters. The first-order chi connectivity index (χ1) is 10.3. The zero-order valence-electron chi connectivity index (χ0n) is 12.5. The predicted octanol–water partition coefficient (Wildman–Crippen LogP) is 1.67. The molecular formula is C14H17N3O4S. The number of H-pyrrole nitrogens is 1. The third-order valence-corrected chi connectivity index (χ3v) is 4.06. The molecule has 7 nitrogen and oxygen atoms in total. The standard InChI is InChI=1S/C14H17N3O4S/c1-9(2)21-12-5-13(8-15-7-12)22(19,20)17-11-4-10(3)14(18)16-6-11/h4-9,17H,1-3H3,(H,16,18).